The fourth-order valence-electron chi connectivity index (χ4n) is 1.76. The van der Waals surface area contributed by atoms with Crippen LogP contribution in [-0.4, -0.2) is 39.4 Å². The molecule has 0 aromatic carbocycles. The smallest absolute Gasteiger partial charge is 0.492 e. The molecule has 3 atom stereocenters. The second-order valence-corrected chi connectivity index (χ2v) is 11.3. The minimum Gasteiger partial charge on any atom is -0.492 e. The Labute approximate surface area is 115 Å². The third kappa shape index (κ3) is 2.95. The third-order valence-electron chi connectivity index (χ3n) is 4.09. The van der Waals surface area contributed by atoms with Gasteiger partial charge in [0.05, 0.1) is 12.9 Å². The Morgan fingerprint density at radius 3 is 2.63 bits per heavy atom. The zero-order valence-corrected chi connectivity index (χ0v) is 13.1. The Morgan fingerprint density at radius 2 is 2.00 bits per heavy atom. The predicted octanol–water partition coefficient (Wildman–Crippen LogP) is 2.82. The van der Waals surface area contributed by atoms with Crippen molar-refractivity contribution in [1.29, 1.82) is 0 Å². The van der Waals surface area contributed by atoms with Crippen molar-refractivity contribution in [3.63, 3.8) is 0 Å². The molecule has 0 radical (unpaired) electrons. The van der Waals surface area contributed by atoms with Crippen LogP contribution in [0.1, 0.15) is 20.8 Å². The molecule has 1 saturated heterocycles. The molecule has 0 aromatic heterocycles. The molecule has 19 heavy (non-hydrogen) atoms. The number of rotatable bonds is 3. The molecule has 0 saturated carbocycles. The lowest BCUT2D eigenvalue weighted by atomic mass is 10.1. The van der Waals surface area contributed by atoms with E-state index in [1.807, 2.05) is 0 Å². The summed E-state index contributed by atoms with van der Waals surface area (Å²) in [6.45, 7) is 11.3. The van der Waals surface area contributed by atoms with Crippen LogP contribution in [-0.2, 0) is 18.6 Å². The molecule has 0 spiro atoms. The Bertz CT molecular complexity index is 385. The molecular formula is C13H22O5Si. The lowest BCUT2D eigenvalue weighted by Crippen LogP contribution is -2.47. The highest BCUT2D eigenvalue weighted by molar-refractivity contribution is 6.74. The van der Waals surface area contributed by atoms with Crippen molar-refractivity contribution in [2.75, 3.05) is 6.61 Å². The lowest BCUT2D eigenvalue weighted by molar-refractivity contribution is -0.0281. The molecule has 0 N–H and O–H groups in total. The summed E-state index contributed by atoms with van der Waals surface area (Å²) in [6, 6.07) is 0. The highest BCUT2D eigenvalue weighted by Gasteiger charge is 2.45. The van der Waals surface area contributed by atoms with Crippen molar-refractivity contribution < 1.29 is 23.4 Å². The van der Waals surface area contributed by atoms with E-state index in [1.54, 1.807) is 12.3 Å². The van der Waals surface area contributed by atoms with Gasteiger partial charge >= 0.3 is 6.16 Å². The van der Waals surface area contributed by atoms with Gasteiger partial charge in [-0.15, -0.1) is 0 Å². The highest BCUT2D eigenvalue weighted by atomic mass is 28.4. The summed E-state index contributed by atoms with van der Waals surface area (Å²) in [4.78, 5) is 11.1. The summed E-state index contributed by atoms with van der Waals surface area (Å²) in [5.41, 5.74) is 0. The molecule has 3 unspecified atom stereocenters. The fourth-order valence-corrected chi connectivity index (χ4v) is 2.78. The van der Waals surface area contributed by atoms with Gasteiger partial charge < -0.3 is 18.6 Å². The van der Waals surface area contributed by atoms with Gasteiger partial charge in [0.2, 0.25) is 0 Å². The SMILES string of the molecule is CC(C)(C)[Si](C)(C)OCC1OC=CC2OC(=O)OC21. The number of carbonyl (C=O) groups excluding carboxylic acids is 1. The molecule has 6 heteroatoms. The second-order valence-electron chi connectivity index (χ2n) is 6.49. The third-order valence-corrected chi connectivity index (χ3v) is 8.59. The van der Waals surface area contributed by atoms with Crippen LogP contribution in [0.15, 0.2) is 12.3 Å². The molecule has 2 aliphatic rings. The van der Waals surface area contributed by atoms with Gasteiger partial charge in [0.1, 0.15) is 0 Å². The number of hydrogen-bond acceptors (Lipinski definition) is 5. The number of fused-ring (bicyclic) bond motifs is 1. The van der Waals surface area contributed by atoms with Crippen LogP contribution in [0, 0.1) is 0 Å². The summed E-state index contributed by atoms with van der Waals surface area (Å²) in [5.74, 6) is 0. The monoisotopic (exact) mass is 286 g/mol. The average molecular weight is 286 g/mol. The second kappa shape index (κ2) is 4.83. The van der Waals surface area contributed by atoms with E-state index in [0.717, 1.165) is 0 Å². The first kappa shape index (κ1) is 14.4. The quantitative estimate of drug-likeness (QED) is 0.590. The first-order valence-corrected chi connectivity index (χ1v) is 9.45. The molecule has 0 amide bonds. The molecule has 108 valence electrons. The maximum absolute atomic E-state index is 11.1. The normalized spacial score (nSPS) is 30.4. The van der Waals surface area contributed by atoms with Crippen molar-refractivity contribution in [3.05, 3.63) is 12.3 Å². The molecule has 2 heterocycles. The van der Waals surface area contributed by atoms with Crippen LogP contribution >= 0.6 is 0 Å². The molecule has 0 aromatic rings. The van der Waals surface area contributed by atoms with E-state index in [0.29, 0.717) is 6.61 Å². The van der Waals surface area contributed by atoms with E-state index in [9.17, 15) is 4.79 Å². The summed E-state index contributed by atoms with van der Waals surface area (Å²) in [6.07, 6.45) is 1.57. The average Bonchev–Trinajstić information content (AvgIpc) is 2.65. The van der Waals surface area contributed by atoms with Crippen LogP contribution in [0.25, 0.3) is 0 Å². The number of ether oxygens (including phenoxy) is 3. The van der Waals surface area contributed by atoms with Crippen LogP contribution in [0.2, 0.25) is 18.1 Å². The van der Waals surface area contributed by atoms with E-state index >= 15 is 0 Å². The predicted molar refractivity (Wildman–Crippen MR) is 72.3 cm³/mol. The molecule has 2 rings (SSSR count). The molecule has 2 aliphatic heterocycles. The molecular weight excluding hydrogens is 264 g/mol. The maximum atomic E-state index is 11.1. The zero-order chi connectivity index (χ0) is 14.3. The van der Waals surface area contributed by atoms with Gasteiger partial charge in [0.25, 0.3) is 0 Å². The minimum absolute atomic E-state index is 0.139. The minimum atomic E-state index is -1.84. The Kier molecular flexibility index (Phi) is 3.66. The van der Waals surface area contributed by atoms with E-state index in [1.165, 1.54) is 0 Å². The Morgan fingerprint density at radius 1 is 1.32 bits per heavy atom. The first-order chi connectivity index (χ1) is 8.71. The van der Waals surface area contributed by atoms with Gasteiger partial charge in [-0.2, -0.15) is 0 Å². The van der Waals surface area contributed by atoms with Gasteiger partial charge in [-0.25, -0.2) is 4.79 Å². The molecule has 0 aliphatic carbocycles. The Balaban J connectivity index is 1.97. The van der Waals surface area contributed by atoms with E-state index in [4.69, 9.17) is 18.6 Å². The molecule has 5 nitrogen and oxygen atoms in total. The van der Waals surface area contributed by atoms with Gasteiger partial charge in [-0.3, -0.25) is 0 Å². The van der Waals surface area contributed by atoms with Crippen molar-refractivity contribution in [1.82, 2.24) is 0 Å². The van der Waals surface area contributed by atoms with Gasteiger partial charge in [0.15, 0.2) is 26.6 Å². The highest BCUT2D eigenvalue weighted by Crippen LogP contribution is 2.37. The topological polar surface area (TPSA) is 54.0 Å². The summed E-state index contributed by atoms with van der Waals surface area (Å²) in [7, 11) is -1.84. The number of carbonyl (C=O) groups is 1. The van der Waals surface area contributed by atoms with Crippen LogP contribution in [0.5, 0.6) is 0 Å². The first-order valence-electron chi connectivity index (χ1n) is 6.54. The van der Waals surface area contributed by atoms with Crippen molar-refractivity contribution in [3.8, 4) is 0 Å². The fraction of sp³-hybridized carbons (Fsp3) is 0.769. The largest absolute Gasteiger partial charge is 0.509 e. The van der Waals surface area contributed by atoms with Crippen LogP contribution in [0.3, 0.4) is 0 Å². The standard InChI is InChI=1S/C13H22O5Si/c1-13(2,3)19(4,5)16-8-10-11-9(6-7-15-10)17-12(14)18-11/h6-7,9-11H,8H2,1-5H3. The van der Waals surface area contributed by atoms with Crippen molar-refractivity contribution in [2.45, 2.75) is 57.2 Å². The Hall–Kier alpha value is -1.01. The maximum Gasteiger partial charge on any atom is 0.509 e. The van der Waals surface area contributed by atoms with Gasteiger partial charge in [0, 0.05) is 0 Å². The number of hydrogen-bond donors (Lipinski definition) is 0. The summed E-state index contributed by atoms with van der Waals surface area (Å²) < 4.78 is 21.8. The van der Waals surface area contributed by atoms with E-state index in [-0.39, 0.29) is 17.2 Å². The molecule has 0 bridgehead atoms. The van der Waals surface area contributed by atoms with Crippen molar-refractivity contribution >= 4 is 14.5 Å². The summed E-state index contributed by atoms with van der Waals surface area (Å²) >= 11 is 0. The molecule has 1 fully saturated rings. The summed E-state index contributed by atoms with van der Waals surface area (Å²) in [5, 5.41) is 0.139. The van der Waals surface area contributed by atoms with Crippen molar-refractivity contribution in [2.24, 2.45) is 0 Å². The lowest BCUT2D eigenvalue weighted by Gasteiger charge is -2.38. The van der Waals surface area contributed by atoms with E-state index in [2.05, 4.69) is 33.9 Å². The zero-order valence-electron chi connectivity index (χ0n) is 12.1. The van der Waals surface area contributed by atoms with Gasteiger partial charge in [-0.05, 0) is 24.2 Å². The van der Waals surface area contributed by atoms with E-state index < -0.39 is 20.6 Å². The van der Waals surface area contributed by atoms with Crippen LogP contribution in [0.4, 0.5) is 4.79 Å². The van der Waals surface area contributed by atoms with Crippen LogP contribution < -0.4 is 0 Å². The van der Waals surface area contributed by atoms with Gasteiger partial charge in [-0.1, -0.05) is 20.8 Å².